The Bertz CT molecular complexity index is 642. The SMILES string of the molecule is O=S(=O)(O)c1ccc(N2CCCN(CCCN3CCCC3)CC2)cc1. The second-order valence-corrected chi connectivity index (χ2v) is 8.48. The number of anilines is 1. The van der Waals surface area contributed by atoms with Crippen molar-refractivity contribution < 1.29 is 13.0 Å². The van der Waals surface area contributed by atoms with Crippen molar-refractivity contribution in [1.82, 2.24) is 9.80 Å². The van der Waals surface area contributed by atoms with Gasteiger partial charge in [0.15, 0.2) is 0 Å². The summed E-state index contributed by atoms with van der Waals surface area (Å²) in [5.41, 5.74) is 1.02. The summed E-state index contributed by atoms with van der Waals surface area (Å²) in [6.45, 7) is 9.02. The molecule has 3 rings (SSSR count). The molecule has 6 nitrogen and oxygen atoms in total. The van der Waals surface area contributed by atoms with Crippen LogP contribution in [-0.2, 0) is 10.1 Å². The third kappa shape index (κ3) is 5.41. The Morgan fingerprint density at radius 2 is 1.40 bits per heavy atom. The van der Waals surface area contributed by atoms with Crippen LogP contribution >= 0.6 is 0 Å². The smallest absolute Gasteiger partial charge is 0.294 e. The standard InChI is InChI=1S/C18H29N3O3S/c22-25(23,24)18-7-5-17(6-8-18)21-14-4-13-20(15-16-21)12-3-11-19-9-1-2-10-19/h5-8H,1-4,9-16H2,(H,22,23,24). The molecule has 1 aromatic rings. The Morgan fingerprint density at radius 3 is 2.04 bits per heavy atom. The molecule has 0 radical (unpaired) electrons. The summed E-state index contributed by atoms with van der Waals surface area (Å²) in [7, 11) is -4.11. The normalized spacial score (nSPS) is 20.8. The largest absolute Gasteiger partial charge is 0.370 e. The van der Waals surface area contributed by atoms with Gasteiger partial charge in [-0.15, -0.1) is 0 Å². The van der Waals surface area contributed by atoms with E-state index < -0.39 is 10.1 Å². The fraction of sp³-hybridized carbons (Fsp3) is 0.667. The number of hydrogen-bond acceptors (Lipinski definition) is 5. The van der Waals surface area contributed by atoms with Gasteiger partial charge in [-0.1, -0.05) is 0 Å². The molecule has 0 aromatic heterocycles. The van der Waals surface area contributed by atoms with E-state index in [0.717, 1.165) is 44.8 Å². The molecule has 2 saturated heterocycles. The van der Waals surface area contributed by atoms with E-state index in [-0.39, 0.29) is 4.90 Å². The monoisotopic (exact) mass is 367 g/mol. The average Bonchev–Trinajstić information content (AvgIpc) is 2.99. The third-order valence-electron chi connectivity index (χ3n) is 5.24. The predicted octanol–water partition coefficient (Wildman–Crippen LogP) is 1.93. The van der Waals surface area contributed by atoms with E-state index in [2.05, 4.69) is 14.7 Å². The predicted molar refractivity (Wildman–Crippen MR) is 99.8 cm³/mol. The molecule has 0 aliphatic carbocycles. The summed E-state index contributed by atoms with van der Waals surface area (Å²) >= 11 is 0. The van der Waals surface area contributed by atoms with Crippen LogP contribution in [0.25, 0.3) is 0 Å². The molecule has 140 valence electrons. The summed E-state index contributed by atoms with van der Waals surface area (Å²) in [5, 5.41) is 0. The molecule has 0 spiro atoms. The van der Waals surface area contributed by atoms with Gasteiger partial charge >= 0.3 is 0 Å². The molecule has 2 aliphatic heterocycles. The molecule has 7 heteroatoms. The minimum absolute atomic E-state index is 0.0467. The lowest BCUT2D eigenvalue weighted by Crippen LogP contribution is -2.33. The highest BCUT2D eigenvalue weighted by Crippen LogP contribution is 2.19. The minimum atomic E-state index is -4.11. The fourth-order valence-corrected chi connectivity index (χ4v) is 4.29. The van der Waals surface area contributed by atoms with Gasteiger partial charge in [0.1, 0.15) is 0 Å². The molecular weight excluding hydrogens is 338 g/mol. The maximum atomic E-state index is 11.1. The van der Waals surface area contributed by atoms with Crippen LogP contribution in [0.4, 0.5) is 5.69 Å². The first-order valence-corrected chi connectivity index (χ1v) is 10.7. The molecule has 1 aromatic carbocycles. The van der Waals surface area contributed by atoms with Crippen molar-refractivity contribution in [3.63, 3.8) is 0 Å². The number of rotatable bonds is 6. The van der Waals surface area contributed by atoms with E-state index in [9.17, 15) is 8.42 Å². The Balaban J connectivity index is 1.47. The first-order valence-electron chi connectivity index (χ1n) is 9.29. The van der Waals surface area contributed by atoms with Crippen LogP contribution in [0.15, 0.2) is 29.2 Å². The lowest BCUT2D eigenvalue weighted by atomic mass is 10.2. The number of benzene rings is 1. The van der Waals surface area contributed by atoms with Gasteiger partial charge in [0.05, 0.1) is 4.90 Å². The van der Waals surface area contributed by atoms with Crippen LogP contribution in [0.3, 0.4) is 0 Å². The lowest BCUT2D eigenvalue weighted by molar-refractivity contribution is 0.257. The van der Waals surface area contributed by atoms with E-state index in [0.29, 0.717) is 0 Å². The van der Waals surface area contributed by atoms with Crippen LogP contribution in [0.5, 0.6) is 0 Å². The van der Waals surface area contributed by atoms with Gasteiger partial charge in [-0.25, -0.2) is 0 Å². The molecular formula is C18H29N3O3S. The van der Waals surface area contributed by atoms with E-state index in [1.807, 2.05) is 0 Å². The first-order chi connectivity index (χ1) is 12.0. The van der Waals surface area contributed by atoms with Crippen molar-refractivity contribution >= 4 is 15.8 Å². The topological polar surface area (TPSA) is 64.1 Å². The van der Waals surface area contributed by atoms with Gasteiger partial charge in [0.25, 0.3) is 10.1 Å². The summed E-state index contributed by atoms with van der Waals surface area (Å²) < 4.78 is 31.4. The van der Waals surface area contributed by atoms with Crippen molar-refractivity contribution in [2.75, 3.05) is 57.3 Å². The summed E-state index contributed by atoms with van der Waals surface area (Å²) in [5.74, 6) is 0. The molecule has 0 unspecified atom stereocenters. The van der Waals surface area contributed by atoms with Crippen molar-refractivity contribution in [3.8, 4) is 0 Å². The van der Waals surface area contributed by atoms with E-state index in [4.69, 9.17) is 4.55 Å². The highest BCUT2D eigenvalue weighted by molar-refractivity contribution is 7.85. The average molecular weight is 368 g/mol. The van der Waals surface area contributed by atoms with Crippen LogP contribution in [0.2, 0.25) is 0 Å². The molecule has 2 fully saturated rings. The summed E-state index contributed by atoms with van der Waals surface area (Å²) in [4.78, 5) is 7.37. The molecule has 2 aliphatic rings. The van der Waals surface area contributed by atoms with Crippen molar-refractivity contribution in [3.05, 3.63) is 24.3 Å². The van der Waals surface area contributed by atoms with Gasteiger partial charge in [0.2, 0.25) is 0 Å². The van der Waals surface area contributed by atoms with Crippen LogP contribution in [-0.4, -0.2) is 75.1 Å². The molecule has 0 saturated carbocycles. The highest BCUT2D eigenvalue weighted by atomic mass is 32.2. The number of nitrogens with zero attached hydrogens (tertiary/aromatic N) is 3. The Labute approximate surface area is 151 Å². The second kappa shape index (κ2) is 8.49. The maximum Gasteiger partial charge on any atom is 0.294 e. The van der Waals surface area contributed by atoms with Gasteiger partial charge in [0, 0.05) is 25.3 Å². The number of likely N-dealkylation sites (tertiary alicyclic amines) is 1. The second-order valence-electron chi connectivity index (χ2n) is 7.05. The van der Waals surface area contributed by atoms with E-state index in [1.54, 1.807) is 12.1 Å². The molecule has 1 N–H and O–H groups in total. The summed E-state index contributed by atoms with van der Waals surface area (Å²) in [6, 6.07) is 6.52. The van der Waals surface area contributed by atoms with Crippen molar-refractivity contribution in [1.29, 1.82) is 0 Å². The Kier molecular flexibility index (Phi) is 6.33. The third-order valence-corrected chi connectivity index (χ3v) is 6.10. The lowest BCUT2D eigenvalue weighted by Gasteiger charge is -2.24. The zero-order valence-electron chi connectivity index (χ0n) is 14.8. The quantitative estimate of drug-likeness (QED) is 0.775. The first kappa shape index (κ1) is 18.6. The molecule has 2 heterocycles. The molecule has 25 heavy (non-hydrogen) atoms. The van der Waals surface area contributed by atoms with Gasteiger partial charge in [-0.2, -0.15) is 8.42 Å². The van der Waals surface area contributed by atoms with Crippen LogP contribution < -0.4 is 4.90 Å². The zero-order valence-corrected chi connectivity index (χ0v) is 15.6. The Hall–Kier alpha value is -1.15. The molecule has 0 bridgehead atoms. The van der Waals surface area contributed by atoms with Gasteiger partial charge < -0.3 is 14.7 Å². The van der Waals surface area contributed by atoms with Crippen LogP contribution in [0, 0.1) is 0 Å². The number of hydrogen-bond donors (Lipinski definition) is 1. The van der Waals surface area contributed by atoms with Gasteiger partial charge in [-0.05, 0) is 82.7 Å². The van der Waals surface area contributed by atoms with Crippen molar-refractivity contribution in [2.24, 2.45) is 0 Å². The Morgan fingerprint density at radius 1 is 0.800 bits per heavy atom. The highest BCUT2D eigenvalue weighted by Gasteiger charge is 2.17. The fourth-order valence-electron chi connectivity index (χ4n) is 3.81. The van der Waals surface area contributed by atoms with E-state index >= 15 is 0 Å². The summed E-state index contributed by atoms with van der Waals surface area (Å²) in [6.07, 6.45) is 5.07. The van der Waals surface area contributed by atoms with Gasteiger partial charge in [-0.3, -0.25) is 4.55 Å². The van der Waals surface area contributed by atoms with Crippen LogP contribution in [0.1, 0.15) is 25.7 Å². The zero-order chi connectivity index (χ0) is 17.7. The minimum Gasteiger partial charge on any atom is -0.370 e. The molecule has 0 atom stereocenters. The van der Waals surface area contributed by atoms with Crippen molar-refractivity contribution in [2.45, 2.75) is 30.6 Å². The molecule has 0 amide bonds. The maximum absolute atomic E-state index is 11.1. The van der Waals surface area contributed by atoms with E-state index in [1.165, 1.54) is 51.0 Å².